The van der Waals surface area contributed by atoms with E-state index in [1.54, 1.807) is 12.2 Å². The van der Waals surface area contributed by atoms with Crippen molar-refractivity contribution >= 4 is 29.2 Å². The summed E-state index contributed by atoms with van der Waals surface area (Å²) < 4.78 is 5.61. The zero-order valence-electron chi connectivity index (χ0n) is 11.6. The first-order valence-corrected chi connectivity index (χ1v) is 6.82. The summed E-state index contributed by atoms with van der Waals surface area (Å²) in [6.45, 7) is 0.466. The van der Waals surface area contributed by atoms with Crippen LogP contribution in [0.15, 0.2) is 45.8 Å². The van der Waals surface area contributed by atoms with Crippen LogP contribution in [-0.4, -0.2) is 29.9 Å². The van der Waals surface area contributed by atoms with E-state index < -0.39 is 12.0 Å². The molecule has 1 heterocycles. The Hall–Kier alpha value is -2.40. The smallest absolute Gasteiger partial charge is 0.328 e. The average Bonchev–Trinajstić information content (AvgIpc) is 2.88. The summed E-state index contributed by atoms with van der Waals surface area (Å²) in [6.07, 6.45) is 6.01. The predicted octanol–water partition coefficient (Wildman–Crippen LogP) is 2.71. The second kappa shape index (κ2) is 7.40. The normalized spacial score (nSPS) is 13.4. The minimum absolute atomic E-state index is 0.445. The molecule has 1 atom stereocenters. The van der Waals surface area contributed by atoms with E-state index in [0.717, 1.165) is 11.0 Å². The summed E-state index contributed by atoms with van der Waals surface area (Å²) in [5, 5.41) is 10.0. The van der Waals surface area contributed by atoms with Crippen LogP contribution in [0.25, 0.3) is 17.0 Å². The maximum Gasteiger partial charge on any atom is 0.328 e. The molecule has 5 nitrogen and oxygen atoms in total. The number of nitrogens with zero attached hydrogens (tertiary/aromatic N) is 1. The van der Waals surface area contributed by atoms with Crippen molar-refractivity contribution in [1.29, 1.82) is 0 Å². The van der Waals surface area contributed by atoms with Gasteiger partial charge in [-0.05, 0) is 43.7 Å². The lowest BCUT2D eigenvalue weighted by atomic mass is 10.1. The Kier molecular flexibility index (Phi) is 5.29. The molecule has 1 unspecified atom stereocenters. The topological polar surface area (TPSA) is 88.8 Å². The van der Waals surface area contributed by atoms with Crippen LogP contribution in [0.5, 0.6) is 0 Å². The van der Waals surface area contributed by atoms with Crippen molar-refractivity contribution in [1.82, 2.24) is 0 Å². The van der Waals surface area contributed by atoms with Crippen LogP contribution >= 0.6 is 0 Å². The highest BCUT2D eigenvalue weighted by Gasteiger charge is 2.13. The van der Waals surface area contributed by atoms with E-state index in [1.165, 1.54) is 6.21 Å². The Morgan fingerprint density at radius 3 is 2.95 bits per heavy atom. The molecule has 5 heteroatoms. The van der Waals surface area contributed by atoms with Gasteiger partial charge in [0.25, 0.3) is 0 Å². The van der Waals surface area contributed by atoms with E-state index in [4.69, 9.17) is 15.3 Å². The van der Waals surface area contributed by atoms with Crippen LogP contribution in [-0.2, 0) is 4.79 Å². The molecule has 0 bridgehead atoms. The number of carboxylic acids is 1. The molecule has 1 aromatic heterocycles. The largest absolute Gasteiger partial charge is 0.480 e. The van der Waals surface area contributed by atoms with Crippen LogP contribution in [0.2, 0.25) is 0 Å². The number of hydrogen-bond donors (Lipinski definition) is 2. The highest BCUT2D eigenvalue weighted by atomic mass is 16.4. The highest BCUT2D eigenvalue weighted by Crippen LogP contribution is 2.19. The van der Waals surface area contributed by atoms with Crippen LogP contribution < -0.4 is 5.73 Å². The molecule has 110 valence electrons. The number of hydrogen-bond acceptors (Lipinski definition) is 4. The maximum absolute atomic E-state index is 11.0. The molecule has 0 radical (unpaired) electrons. The number of para-hydroxylation sites is 1. The quantitative estimate of drug-likeness (QED) is 0.766. The van der Waals surface area contributed by atoms with E-state index in [-0.39, 0.29) is 0 Å². The molecule has 0 saturated heterocycles. The van der Waals surface area contributed by atoms with Crippen LogP contribution in [0.4, 0.5) is 0 Å². The number of nitrogens with two attached hydrogens (primary N) is 1. The van der Waals surface area contributed by atoms with E-state index >= 15 is 0 Å². The molecular formula is C16H18N2O3. The van der Waals surface area contributed by atoms with Gasteiger partial charge in [-0.1, -0.05) is 18.2 Å². The van der Waals surface area contributed by atoms with Gasteiger partial charge in [0.1, 0.15) is 17.4 Å². The number of furan rings is 1. The van der Waals surface area contributed by atoms with Gasteiger partial charge in [-0.25, -0.2) is 4.79 Å². The molecule has 0 amide bonds. The van der Waals surface area contributed by atoms with E-state index in [0.29, 0.717) is 25.1 Å². The molecule has 0 fully saturated rings. The van der Waals surface area contributed by atoms with Gasteiger partial charge >= 0.3 is 5.97 Å². The first kappa shape index (κ1) is 15.0. The molecule has 0 aliphatic carbocycles. The van der Waals surface area contributed by atoms with Crippen LogP contribution in [0.3, 0.4) is 0 Å². The number of allylic oxidation sites excluding steroid dienone is 1. The van der Waals surface area contributed by atoms with Crippen molar-refractivity contribution in [3.8, 4) is 0 Å². The van der Waals surface area contributed by atoms with Gasteiger partial charge in [-0.15, -0.1) is 0 Å². The maximum atomic E-state index is 11.0. The fourth-order valence-corrected chi connectivity index (χ4v) is 1.95. The molecule has 0 aliphatic rings. The minimum atomic E-state index is -0.933. The first-order chi connectivity index (χ1) is 10.2. The molecular weight excluding hydrogens is 268 g/mol. The third-order valence-electron chi connectivity index (χ3n) is 3.02. The summed E-state index contributed by atoms with van der Waals surface area (Å²) in [7, 11) is 0. The summed E-state index contributed by atoms with van der Waals surface area (Å²) in [4.78, 5) is 15.0. The van der Waals surface area contributed by atoms with Crippen molar-refractivity contribution < 1.29 is 14.3 Å². The van der Waals surface area contributed by atoms with Gasteiger partial charge in [0.15, 0.2) is 0 Å². The zero-order chi connectivity index (χ0) is 15.1. The summed E-state index contributed by atoms with van der Waals surface area (Å²) in [6, 6.07) is 8.90. The van der Waals surface area contributed by atoms with E-state index in [2.05, 4.69) is 4.99 Å². The standard InChI is InChI=1S/C16H18N2O3/c17-9-3-7-14(16(19)20)18-10-4-6-13-11-12-5-1-2-8-15(12)21-13/h1-2,4-6,8,10-11,14H,3,7,9,17H2,(H,19,20)/b6-4+,18-10?. The van der Waals surface area contributed by atoms with E-state index in [9.17, 15) is 4.79 Å². The fraction of sp³-hybridized carbons (Fsp3) is 0.250. The molecule has 0 aliphatic heterocycles. The van der Waals surface area contributed by atoms with Crippen molar-refractivity contribution in [3.63, 3.8) is 0 Å². The Morgan fingerprint density at radius 2 is 2.24 bits per heavy atom. The number of carboxylic acid groups (broad SMARTS) is 1. The number of aliphatic carboxylic acids is 1. The van der Waals surface area contributed by atoms with Gasteiger partial charge in [0.05, 0.1) is 0 Å². The zero-order valence-corrected chi connectivity index (χ0v) is 11.6. The van der Waals surface area contributed by atoms with Crippen molar-refractivity contribution in [3.05, 3.63) is 42.2 Å². The molecule has 21 heavy (non-hydrogen) atoms. The van der Waals surface area contributed by atoms with Gasteiger partial charge in [-0.2, -0.15) is 0 Å². The van der Waals surface area contributed by atoms with Gasteiger partial charge < -0.3 is 15.3 Å². The fourth-order valence-electron chi connectivity index (χ4n) is 1.95. The summed E-state index contributed by atoms with van der Waals surface area (Å²) >= 11 is 0. The number of rotatable bonds is 7. The molecule has 1 aromatic carbocycles. The predicted molar refractivity (Wildman–Crippen MR) is 83.5 cm³/mol. The monoisotopic (exact) mass is 286 g/mol. The molecule has 0 saturated carbocycles. The van der Waals surface area contributed by atoms with Crippen molar-refractivity contribution in [2.75, 3.05) is 6.54 Å². The van der Waals surface area contributed by atoms with E-state index in [1.807, 2.05) is 30.3 Å². The number of benzene rings is 1. The number of aliphatic imine (C=N–C) groups is 1. The minimum Gasteiger partial charge on any atom is -0.480 e. The van der Waals surface area contributed by atoms with Gasteiger partial charge in [0, 0.05) is 11.6 Å². The first-order valence-electron chi connectivity index (χ1n) is 6.82. The Morgan fingerprint density at radius 1 is 1.43 bits per heavy atom. The van der Waals surface area contributed by atoms with Gasteiger partial charge in [0.2, 0.25) is 0 Å². The van der Waals surface area contributed by atoms with Crippen molar-refractivity contribution in [2.45, 2.75) is 18.9 Å². The molecule has 2 rings (SSSR count). The van der Waals surface area contributed by atoms with Crippen LogP contribution in [0, 0.1) is 0 Å². The lowest BCUT2D eigenvalue weighted by Crippen LogP contribution is -2.19. The second-order valence-corrected chi connectivity index (χ2v) is 4.63. The lowest BCUT2D eigenvalue weighted by Gasteiger charge is -2.04. The molecule has 2 aromatic rings. The van der Waals surface area contributed by atoms with Crippen LogP contribution in [0.1, 0.15) is 18.6 Å². The average molecular weight is 286 g/mol. The van der Waals surface area contributed by atoms with Gasteiger partial charge in [-0.3, -0.25) is 4.99 Å². The number of fused-ring (bicyclic) bond motifs is 1. The highest BCUT2D eigenvalue weighted by molar-refractivity contribution is 5.84. The Labute approximate surface area is 122 Å². The lowest BCUT2D eigenvalue weighted by molar-refractivity contribution is -0.138. The van der Waals surface area contributed by atoms with Crippen molar-refractivity contribution in [2.24, 2.45) is 10.7 Å². The number of carbonyl (C=O) groups is 1. The Balaban J connectivity index is 1.99. The summed E-state index contributed by atoms with van der Waals surface area (Å²) in [5.41, 5.74) is 6.19. The molecule has 3 N–H and O–H groups in total. The SMILES string of the molecule is NCCCC(N=C/C=C/c1cc2ccccc2o1)C(=O)O. The second-order valence-electron chi connectivity index (χ2n) is 4.63. The third kappa shape index (κ3) is 4.29. The molecule has 0 spiro atoms. The third-order valence-corrected chi connectivity index (χ3v) is 3.02. The summed E-state index contributed by atoms with van der Waals surface area (Å²) in [5.74, 6) is -0.228. The Bertz CT molecular complexity index is 625.